The lowest BCUT2D eigenvalue weighted by molar-refractivity contribution is -0.890. The van der Waals surface area contributed by atoms with Crippen LogP contribution in [0.3, 0.4) is 0 Å². The molecule has 0 aromatic rings. The van der Waals surface area contributed by atoms with E-state index < -0.39 is 10.4 Å². The fourth-order valence-corrected chi connectivity index (χ4v) is 3.45. The monoisotopic (exact) mass is 409 g/mol. The van der Waals surface area contributed by atoms with Crippen LogP contribution in [0.15, 0.2) is 0 Å². The number of quaternary nitrogens is 1. The van der Waals surface area contributed by atoms with Crippen molar-refractivity contribution in [3.05, 3.63) is 0 Å². The zero-order chi connectivity index (χ0) is 21.0. The molecule has 0 fully saturated rings. The zero-order valence-corrected chi connectivity index (χ0v) is 19.4. The molecular formula is C21H47NO4S. The van der Waals surface area contributed by atoms with E-state index in [2.05, 4.69) is 27.9 Å². The van der Waals surface area contributed by atoms with E-state index in [9.17, 15) is 0 Å². The molecule has 27 heavy (non-hydrogen) atoms. The van der Waals surface area contributed by atoms with Crippen molar-refractivity contribution < 1.29 is 22.0 Å². The first-order chi connectivity index (χ1) is 12.6. The summed E-state index contributed by atoms with van der Waals surface area (Å²) >= 11 is 0. The van der Waals surface area contributed by atoms with Crippen LogP contribution in [0.25, 0.3) is 0 Å². The van der Waals surface area contributed by atoms with Crippen LogP contribution < -0.4 is 0 Å². The first kappa shape index (κ1) is 29.0. The second-order valence-corrected chi connectivity index (χ2v) is 9.26. The maximum Gasteiger partial charge on any atom is 0.215 e. The van der Waals surface area contributed by atoms with E-state index in [-0.39, 0.29) is 0 Å². The highest BCUT2D eigenvalue weighted by Crippen LogP contribution is 2.13. The van der Waals surface area contributed by atoms with E-state index in [1.165, 1.54) is 114 Å². The summed E-state index contributed by atoms with van der Waals surface area (Å²) in [5.74, 6) is 0. The molecule has 166 valence electrons. The van der Waals surface area contributed by atoms with E-state index in [4.69, 9.17) is 17.5 Å². The average molecular weight is 410 g/mol. The van der Waals surface area contributed by atoms with Crippen LogP contribution in [0.4, 0.5) is 0 Å². The molecule has 0 heterocycles. The predicted molar refractivity (Wildman–Crippen MR) is 115 cm³/mol. The van der Waals surface area contributed by atoms with Gasteiger partial charge in [-0.2, -0.15) is 0 Å². The molecule has 0 spiro atoms. The van der Waals surface area contributed by atoms with Crippen LogP contribution in [0.5, 0.6) is 0 Å². The molecule has 0 aliphatic rings. The van der Waals surface area contributed by atoms with Crippen LogP contribution in [-0.2, 0) is 10.4 Å². The molecule has 0 aromatic carbocycles. The van der Waals surface area contributed by atoms with Crippen molar-refractivity contribution >= 4 is 10.4 Å². The third-order valence-corrected chi connectivity index (χ3v) is 4.95. The molecule has 0 aliphatic carbocycles. The summed E-state index contributed by atoms with van der Waals surface area (Å²) < 4.78 is 34.1. The average Bonchev–Trinajstić information content (AvgIpc) is 2.53. The van der Waals surface area contributed by atoms with Gasteiger partial charge in [-0.25, -0.2) is 8.42 Å². The Labute approximate surface area is 170 Å². The van der Waals surface area contributed by atoms with Crippen molar-refractivity contribution in [2.75, 3.05) is 27.2 Å². The van der Waals surface area contributed by atoms with E-state index in [0.717, 1.165) is 0 Å². The minimum atomic E-state index is -4.92. The highest BCUT2D eigenvalue weighted by atomic mass is 32.3. The quantitative estimate of drug-likeness (QED) is 0.139. The Morgan fingerprint density at radius 3 is 1.22 bits per heavy atom. The second kappa shape index (κ2) is 19.2. The smallest absolute Gasteiger partial charge is 0.215 e. The minimum Gasteiger partial charge on any atom is -0.726 e. The molecule has 0 bridgehead atoms. The highest BCUT2D eigenvalue weighted by molar-refractivity contribution is 7.79. The molecule has 0 saturated carbocycles. The number of rotatable bonds is 17. The predicted octanol–water partition coefficient (Wildman–Crippen LogP) is 5.96. The number of nitrogens with zero attached hydrogens (tertiary/aromatic N) is 1. The first-order valence-corrected chi connectivity index (χ1v) is 12.5. The largest absolute Gasteiger partial charge is 0.726 e. The van der Waals surface area contributed by atoms with Crippen molar-refractivity contribution in [1.29, 1.82) is 0 Å². The Morgan fingerprint density at radius 1 is 0.630 bits per heavy atom. The molecule has 0 atom stereocenters. The Bertz CT molecular complexity index is 389. The van der Waals surface area contributed by atoms with Crippen molar-refractivity contribution in [2.24, 2.45) is 0 Å². The molecule has 0 radical (unpaired) electrons. The van der Waals surface area contributed by atoms with Crippen LogP contribution in [-0.4, -0.2) is 49.2 Å². The summed E-state index contributed by atoms with van der Waals surface area (Å²) in [7, 11) is -0.155. The normalized spacial score (nSPS) is 11.9. The van der Waals surface area contributed by atoms with Gasteiger partial charge >= 0.3 is 0 Å². The number of hydrogen-bond acceptors (Lipinski definition) is 3. The fourth-order valence-electron chi connectivity index (χ4n) is 3.45. The first-order valence-electron chi connectivity index (χ1n) is 11.1. The van der Waals surface area contributed by atoms with Gasteiger partial charge < -0.3 is 9.04 Å². The van der Waals surface area contributed by atoms with Gasteiger partial charge in [-0.1, -0.05) is 90.9 Å². The topological polar surface area (TPSA) is 77.4 Å². The zero-order valence-electron chi connectivity index (χ0n) is 18.5. The molecule has 0 rings (SSSR count). The molecule has 0 unspecified atom stereocenters. The molecule has 6 heteroatoms. The van der Waals surface area contributed by atoms with Gasteiger partial charge in [0.05, 0.1) is 27.2 Å². The molecule has 0 aliphatic heterocycles. The standard InChI is InChI=1S/C21H46N.H2O4S/c1-5-7-8-9-10-11-12-13-14-15-16-17-18-19-21-22(3,4)20-6-2;1-5(2,3)4/h5-21H2,1-4H3;(H2,1,2,3,4)/q+1;/p-1. The second-order valence-electron chi connectivity index (χ2n) is 8.41. The molecular weight excluding hydrogens is 362 g/mol. The van der Waals surface area contributed by atoms with Crippen LogP contribution in [0, 0.1) is 0 Å². The van der Waals surface area contributed by atoms with Crippen molar-refractivity contribution in [1.82, 2.24) is 0 Å². The van der Waals surface area contributed by atoms with Gasteiger partial charge in [0.1, 0.15) is 0 Å². The van der Waals surface area contributed by atoms with Crippen molar-refractivity contribution in [2.45, 2.75) is 110 Å². The lowest BCUT2D eigenvalue weighted by atomic mass is 10.0. The third kappa shape index (κ3) is 33.8. The van der Waals surface area contributed by atoms with Crippen molar-refractivity contribution in [3.63, 3.8) is 0 Å². The van der Waals surface area contributed by atoms with Crippen LogP contribution >= 0.6 is 0 Å². The Balaban J connectivity index is 0. The summed E-state index contributed by atoms with van der Waals surface area (Å²) in [5.41, 5.74) is 0. The lowest BCUT2D eigenvalue weighted by Crippen LogP contribution is -2.40. The molecule has 0 saturated heterocycles. The van der Waals surface area contributed by atoms with E-state index in [1.807, 2.05) is 0 Å². The van der Waals surface area contributed by atoms with Gasteiger partial charge in [-0.15, -0.1) is 0 Å². The molecule has 0 amide bonds. The van der Waals surface area contributed by atoms with E-state index in [0.29, 0.717) is 0 Å². The minimum absolute atomic E-state index is 1.22. The van der Waals surface area contributed by atoms with Gasteiger partial charge in [0.2, 0.25) is 10.4 Å². The van der Waals surface area contributed by atoms with Gasteiger partial charge in [-0.3, -0.25) is 4.55 Å². The Morgan fingerprint density at radius 2 is 0.926 bits per heavy atom. The molecule has 5 nitrogen and oxygen atoms in total. The Kier molecular flexibility index (Phi) is 20.6. The summed E-state index contributed by atoms with van der Waals surface area (Å²) in [4.78, 5) is 0. The van der Waals surface area contributed by atoms with E-state index >= 15 is 0 Å². The van der Waals surface area contributed by atoms with Gasteiger partial charge in [-0.05, 0) is 19.3 Å². The number of hydrogen-bond donors (Lipinski definition) is 1. The van der Waals surface area contributed by atoms with Gasteiger partial charge in [0.15, 0.2) is 0 Å². The lowest BCUT2D eigenvalue weighted by Gasteiger charge is -2.29. The van der Waals surface area contributed by atoms with Gasteiger partial charge in [0.25, 0.3) is 0 Å². The third-order valence-electron chi connectivity index (χ3n) is 4.95. The molecule has 0 aromatic heterocycles. The Hall–Kier alpha value is -0.170. The summed E-state index contributed by atoms with van der Waals surface area (Å²) in [6.45, 7) is 7.29. The summed E-state index contributed by atoms with van der Waals surface area (Å²) in [6.07, 6.45) is 21.7. The van der Waals surface area contributed by atoms with Crippen LogP contribution in [0.2, 0.25) is 0 Å². The summed E-state index contributed by atoms with van der Waals surface area (Å²) in [6, 6.07) is 0. The van der Waals surface area contributed by atoms with Crippen molar-refractivity contribution in [3.8, 4) is 0 Å². The maximum atomic E-state index is 8.63. The fraction of sp³-hybridized carbons (Fsp3) is 1.00. The maximum absolute atomic E-state index is 8.63. The van der Waals surface area contributed by atoms with Gasteiger partial charge in [0, 0.05) is 0 Å². The number of unbranched alkanes of at least 4 members (excludes halogenated alkanes) is 13. The van der Waals surface area contributed by atoms with E-state index in [1.54, 1.807) is 0 Å². The molecule has 1 N–H and O–H groups in total. The summed E-state index contributed by atoms with van der Waals surface area (Å²) in [5, 5.41) is 0. The van der Waals surface area contributed by atoms with Crippen LogP contribution in [0.1, 0.15) is 110 Å². The SMILES string of the molecule is CCCCCCCCCCCCCCCC[N+](C)(C)CCC.O=S(=O)([O-])O. The highest BCUT2D eigenvalue weighted by Gasteiger charge is 2.11.